The van der Waals surface area contributed by atoms with E-state index < -0.39 is 46.3 Å². The molecule has 21 heteroatoms. The molecule has 7 rings (SSSR count). The van der Waals surface area contributed by atoms with Crippen LogP contribution in [0, 0.1) is 5.82 Å². The number of nitrogens with one attached hydrogen (secondary N) is 2. The number of aliphatic imine (C=N–C) groups is 1. The summed E-state index contributed by atoms with van der Waals surface area (Å²) in [4.78, 5) is 15.5. The topological polar surface area (TPSA) is 168 Å². The highest BCUT2D eigenvalue weighted by molar-refractivity contribution is 14.1. The lowest BCUT2D eigenvalue weighted by molar-refractivity contribution is 0.0144. The molecule has 4 atom stereocenters. The quantitative estimate of drug-likeness (QED) is 0.0976. The van der Waals surface area contributed by atoms with E-state index in [1.807, 2.05) is 0 Å². The highest BCUT2D eigenvalue weighted by Gasteiger charge is 2.42. The lowest BCUT2D eigenvalue weighted by Gasteiger charge is -2.32. The van der Waals surface area contributed by atoms with Gasteiger partial charge in [-0.1, -0.05) is 51.5 Å². The van der Waals surface area contributed by atoms with Gasteiger partial charge in [0.25, 0.3) is 10.2 Å². The fraction of sp³-hybridized carbons (Fsp3) is 0.333. The van der Waals surface area contributed by atoms with Gasteiger partial charge in [-0.15, -0.1) is 16.4 Å². The summed E-state index contributed by atoms with van der Waals surface area (Å²) in [5, 5.41) is 26.6. The van der Waals surface area contributed by atoms with Crippen LogP contribution in [0.25, 0.3) is 11.4 Å². The summed E-state index contributed by atoms with van der Waals surface area (Å²) in [5.74, 6) is 0.352. The predicted octanol–water partition coefficient (Wildman–Crippen LogP) is 5.41. The van der Waals surface area contributed by atoms with Gasteiger partial charge < -0.3 is 10.0 Å². The van der Waals surface area contributed by atoms with Gasteiger partial charge in [0.15, 0.2) is 16.7 Å². The fourth-order valence-electron chi connectivity index (χ4n) is 6.67. The van der Waals surface area contributed by atoms with E-state index in [1.165, 1.54) is 34.2 Å². The molecule has 284 valence electrons. The van der Waals surface area contributed by atoms with Crippen molar-refractivity contribution in [3.8, 4) is 5.82 Å². The van der Waals surface area contributed by atoms with E-state index >= 15 is 0 Å². The number of fused-ring (bicyclic) bond motifs is 1. The summed E-state index contributed by atoms with van der Waals surface area (Å²) in [6.07, 6.45) is 6.30. The molecule has 54 heavy (non-hydrogen) atoms. The standard InChI is InChI=1S/C33H32ClF3IN11O3S2/c1-19(16-33(50,8-9-38)26-18-49(46-42-26)27-4-2-3-10-39-27)44-54(51,52)45-21-15-25-28(24-7-12-48(43-24)32(36)37)29(22-6-5-20(35)14-23(22)34)41-30(47(25)17-21)31-40-11-13-53-31/h2-7,10-14,18-19,21,29,32,44-45,50H,8-9,15-17H2,1H3/t19?,21-,29-,33?/m0/s1. The van der Waals surface area contributed by atoms with E-state index in [4.69, 9.17) is 16.6 Å². The number of hydrogen-bond acceptors (Lipinski definition) is 11. The summed E-state index contributed by atoms with van der Waals surface area (Å²) < 4.78 is 76.9. The van der Waals surface area contributed by atoms with Crippen molar-refractivity contribution in [3.63, 3.8) is 0 Å². The molecule has 2 aliphatic heterocycles. The van der Waals surface area contributed by atoms with Gasteiger partial charge in [-0.25, -0.2) is 23.7 Å². The fourth-order valence-corrected chi connectivity index (χ4v) is 9.75. The van der Waals surface area contributed by atoms with E-state index in [-0.39, 0.29) is 42.2 Å². The number of amidine groups is 1. The smallest absolute Gasteiger partial charge is 0.333 e. The van der Waals surface area contributed by atoms with Crippen molar-refractivity contribution in [3.05, 3.63) is 111 Å². The maximum absolute atomic E-state index is 14.2. The van der Waals surface area contributed by atoms with E-state index in [0.717, 1.165) is 12.3 Å². The lowest BCUT2D eigenvalue weighted by atomic mass is 9.90. The molecule has 3 N–H and O–H groups in total. The molecule has 0 spiro atoms. The molecule has 1 aromatic carbocycles. The number of aliphatic hydroxyl groups is 1. The van der Waals surface area contributed by atoms with Crippen molar-refractivity contribution in [2.75, 3.05) is 11.0 Å². The second-order valence-corrected chi connectivity index (χ2v) is 16.6. The third kappa shape index (κ3) is 8.09. The Morgan fingerprint density at radius 1 is 1.19 bits per heavy atom. The van der Waals surface area contributed by atoms with Crippen LogP contribution >= 0.6 is 45.5 Å². The molecule has 1 saturated heterocycles. The zero-order valence-electron chi connectivity index (χ0n) is 28.3. The highest BCUT2D eigenvalue weighted by atomic mass is 127. The van der Waals surface area contributed by atoms with Crippen molar-refractivity contribution >= 4 is 67.1 Å². The second kappa shape index (κ2) is 15.7. The third-order valence-electron chi connectivity index (χ3n) is 8.91. The first-order valence-corrected chi connectivity index (χ1v) is 20.8. The maximum atomic E-state index is 14.2. The molecule has 5 aromatic rings. The van der Waals surface area contributed by atoms with Crippen LogP contribution in [-0.4, -0.2) is 82.1 Å². The van der Waals surface area contributed by atoms with Gasteiger partial charge in [0.2, 0.25) is 0 Å². The minimum atomic E-state index is -4.20. The average molecular weight is 914 g/mol. The van der Waals surface area contributed by atoms with Gasteiger partial charge in [0.05, 0.1) is 11.9 Å². The SMILES string of the molecule is CC(CC(O)(CCI)c1cn(-c2ccccn2)nn1)NS(=O)(=O)N[C@H]1CC2=C(c3ccn(C(F)F)n3)[C@H](c3ccc(F)cc3Cl)N=C(c3nccs3)N2C1. The van der Waals surface area contributed by atoms with E-state index in [2.05, 4.69) is 57.4 Å². The van der Waals surface area contributed by atoms with E-state index in [1.54, 1.807) is 54.0 Å². The highest BCUT2D eigenvalue weighted by Crippen LogP contribution is 2.46. The minimum absolute atomic E-state index is 0.0162. The number of pyridine rings is 1. The van der Waals surface area contributed by atoms with Crippen LogP contribution < -0.4 is 9.44 Å². The number of benzene rings is 1. The first kappa shape index (κ1) is 38.5. The molecule has 0 saturated carbocycles. The van der Waals surface area contributed by atoms with E-state index in [0.29, 0.717) is 42.6 Å². The lowest BCUT2D eigenvalue weighted by Crippen LogP contribution is -2.48. The molecule has 14 nitrogen and oxygen atoms in total. The number of rotatable bonds is 14. The van der Waals surface area contributed by atoms with Crippen LogP contribution in [0.15, 0.2) is 83.3 Å². The molecule has 0 bridgehead atoms. The van der Waals surface area contributed by atoms with Crippen molar-refractivity contribution < 1.29 is 26.7 Å². The molecule has 1 fully saturated rings. The zero-order chi connectivity index (χ0) is 38.2. The normalized spacial score (nSPS) is 19.3. The number of thiazole rings is 1. The Labute approximate surface area is 330 Å². The number of alkyl halides is 3. The molecule has 0 aliphatic carbocycles. The Morgan fingerprint density at radius 3 is 2.70 bits per heavy atom. The number of nitrogens with zero attached hydrogens (tertiary/aromatic N) is 9. The second-order valence-electron chi connectivity index (χ2n) is 12.7. The van der Waals surface area contributed by atoms with Crippen LogP contribution in [0.5, 0.6) is 0 Å². The zero-order valence-corrected chi connectivity index (χ0v) is 32.8. The van der Waals surface area contributed by atoms with Gasteiger partial charge in [0, 0.05) is 75.3 Å². The van der Waals surface area contributed by atoms with Crippen LogP contribution in [0.3, 0.4) is 0 Å². The summed E-state index contributed by atoms with van der Waals surface area (Å²) in [5.41, 5.74) is 0.311. The molecular weight excluding hydrogens is 882 g/mol. The summed E-state index contributed by atoms with van der Waals surface area (Å²) in [7, 11) is -4.20. The summed E-state index contributed by atoms with van der Waals surface area (Å²) in [6, 6.07) is 8.18. The monoisotopic (exact) mass is 913 g/mol. The molecule has 0 radical (unpaired) electrons. The van der Waals surface area contributed by atoms with Crippen LogP contribution in [0.4, 0.5) is 13.2 Å². The number of halogens is 5. The Bertz CT molecular complexity index is 2290. The Morgan fingerprint density at radius 2 is 2.02 bits per heavy atom. The van der Waals surface area contributed by atoms with Crippen molar-refractivity contribution in [1.29, 1.82) is 0 Å². The van der Waals surface area contributed by atoms with Gasteiger partial charge in [-0.05, 0) is 50.1 Å². The largest absolute Gasteiger partial charge is 0.383 e. The van der Waals surface area contributed by atoms with Crippen molar-refractivity contribution in [2.45, 2.75) is 56.5 Å². The van der Waals surface area contributed by atoms with Gasteiger partial charge >= 0.3 is 6.55 Å². The predicted molar refractivity (Wildman–Crippen MR) is 204 cm³/mol. The molecule has 2 aliphatic rings. The van der Waals surface area contributed by atoms with Crippen molar-refractivity contribution in [2.24, 2.45) is 4.99 Å². The summed E-state index contributed by atoms with van der Waals surface area (Å²) >= 11 is 10.00. The van der Waals surface area contributed by atoms with Crippen LogP contribution in [0.2, 0.25) is 5.02 Å². The first-order chi connectivity index (χ1) is 25.8. The van der Waals surface area contributed by atoms with Gasteiger partial charge in [0.1, 0.15) is 23.2 Å². The Balaban J connectivity index is 1.17. The van der Waals surface area contributed by atoms with Gasteiger partial charge in [-0.3, -0.25) is 4.99 Å². The first-order valence-electron chi connectivity index (χ1n) is 16.5. The summed E-state index contributed by atoms with van der Waals surface area (Å²) in [6.45, 7) is -1.16. The van der Waals surface area contributed by atoms with Crippen LogP contribution in [-0.2, 0) is 15.8 Å². The third-order valence-corrected chi connectivity index (χ3v) is 11.9. The molecule has 6 heterocycles. The maximum Gasteiger partial charge on any atom is 0.333 e. The van der Waals surface area contributed by atoms with Crippen molar-refractivity contribution in [1.82, 2.24) is 49.1 Å². The van der Waals surface area contributed by atoms with Crippen LogP contribution in [0.1, 0.15) is 60.7 Å². The number of aromatic nitrogens is 7. The van der Waals surface area contributed by atoms with E-state index in [9.17, 15) is 26.7 Å². The number of hydrogen-bond donors (Lipinski definition) is 3. The average Bonchev–Trinajstić information content (AvgIpc) is 3.95. The Hall–Kier alpha value is -3.80. The molecular formula is C33H32ClF3IN11O3S2. The molecule has 2 unspecified atom stereocenters. The van der Waals surface area contributed by atoms with Gasteiger partial charge in [-0.2, -0.15) is 31.7 Å². The molecule has 0 amide bonds. The minimum Gasteiger partial charge on any atom is -0.383 e. The molecule has 4 aromatic heterocycles. The Kier molecular flexibility index (Phi) is 11.2.